The number of ether oxygens (including phenoxy) is 1. The molecule has 1 saturated heterocycles. The average Bonchev–Trinajstić information content (AvgIpc) is 3.23. The fraction of sp³-hybridized carbons (Fsp3) is 0.417. The van der Waals surface area contributed by atoms with Gasteiger partial charge < -0.3 is 20.5 Å². The second-order valence-electron chi connectivity index (χ2n) is 8.47. The van der Waals surface area contributed by atoms with Gasteiger partial charge in [0.2, 0.25) is 5.95 Å². The first kappa shape index (κ1) is 24.1. The number of aryl methyl sites for hydroxylation is 1. The van der Waals surface area contributed by atoms with Crippen molar-refractivity contribution in [2.45, 2.75) is 38.9 Å². The molecule has 3 heterocycles. The van der Waals surface area contributed by atoms with Crippen molar-refractivity contribution in [3.05, 3.63) is 50.2 Å². The molecule has 0 bridgehead atoms. The maximum absolute atomic E-state index is 13.7. The van der Waals surface area contributed by atoms with E-state index >= 15 is 0 Å². The fourth-order valence-electron chi connectivity index (χ4n) is 4.52. The maximum Gasteiger partial charge on any atom is 0.336 e. The van der Waals surface area contributed by atoms with E-state index in [1.165, 1.54) is 24.8 Å². The topological polar surface area (TPSA) is 138 Å². The lowest BCUT2D eigenvalue weighted by molar-refractivity contribution is 0.0695. The monoisotopic (exact) mass is 480 g/mol. The number of carboxylic acids is 1. The van der Waals surface area contributed by atoms with Crippen molar-refractivity contribution < 1.29 is 14.6 Å². The Morgan fingerprint density at radius 1 is 1.31 bits per heavy atom. The molecule has 1 fully saturated rings. The molecule has 1 aliphatic rings. The molecule has 1 atom stereocenters. The van der Waals surface area contributed by atoms with Gasteiger partial charge in [-0.3, -0.25) is 18.5 Å². The van der Waals surface area contributed by atoms with Gasteiger partial charge in [-0.15, -0.1) is 5.92 Å². The van der Waals surface area contributed by atoms with Crippen LogP contribution < -0.4 is 26.6 Å². The number of fused-ring (bicyclic) bond motifs is 1. The summed E-state index contributed by atoms with van der Waals surface area (Å²) >= 11 is 0. The highest BCUT2D eigenvalue weighted by atomic mass is 16.5. The smallest absolute Gasteiger partial charge is 0.336 e. The molecule has 0 amide bonds. The summed E-state index contributed by atoms with van der Waals surface area (Å²) in [6, 6.07) is 4.53. The predicted molar refractivity (Wildman–Crippen MR) is 131 cm³/mol. The molecule has 1 aliphatic heterocycles. The van der Waals surface area contributed by atoms with Crippen molar-refractivity contribution >= 4 is 23.1 Å². The number of rotatable bonds is 6. The molecule has 184 valence electrons. The minimum Gasteiger partial charge on any atom is -0.496 e. The zero-order valence-electron chi connectivity index (χ0n) is 19.9. The number of anilines is 1. The molecule has 11 nitrogen and oxygen atoms in total. The highest BCUT2D eigenvalue weighted by Crippen LogP contribution is 2.25. The summed E-state index contributed by atoms with van der Waals surface area (Å²) in [4.78, 5) is 45.5. The van der Waals surface area contributed by atoms with Gasteiger partial charge in [-0.25, -0.2) is 9.59 Å². The Bertz CT molecular complexity index is 1470. The zero-order valence-corrected chi connectivity index (χ0v) is 19.9. The third kappa shape index (κ3) is 4.28. The van der Waals surface area contributed by atoms with Gasteiger partial charge in [0, 0.05) is 31.7 Å². The Hall–Kier alpha value is -4.04. The number of carboxylic acid groups (broad SMARTS) is 1. The molecular weight excluding hydrogens is 452 g/mol. The molecule has 0 spiro atoms. The second-order valence-corrected chi connectivity index (χ2v) is 8.47. The van der Waals surface area contributed by atoms with Gasteiger partial charge in [0.15, 0.2) is 11.2 Å². The third-order valence-corrected chi connectivity index (χ3v) is 6.27. The van der Waals surface area contributed by atoms with Crippen LogP contribution in [-0.2, 0) is 20.1 Å². The normalized spacial score (nSPS) is 15.7. The van der Waals surface area contributed by atoms with Gasteiger partial charge >= 0.3 is 11.7 Å². The highest BCUT2D eigenvalue weighted by molar-refractivity contribution is 5.90. The van der Waals surface area contributed by atoms with Crippen LogP contribution in [0.15, 0.2) is 27.8 Å². The van der Waals surface area contributed by atoms with Gasteiger partial charge in [0.05, 0.1) is 25.8 Å². The van der Waals surface area contributed by atoms with E-state index in [1.54, 1.807) is 23.6 Å². The molecule has 3 aromatic rings. The lowest BCUT2D eigenvalue weighted by atomic mass is 10.1. The van der Waals surface area contributed by atoms with Crippen LogP contribution in [0.1, 0.15) is 35.7 Å². The number of hydrogen-bond donors (Lipinski definition) is 2. The van der Waals surface area contributed by atoms with Crippen LogP contribution in [0.4, 0.5) is 5.95 Å². The Kier molecular flexibility index (Phi) is 6.66. The van der Waals surface area contributed by atoms with Gasteiger partial charge in [-0.2, -0.15) is 4.98 Å². The Labute approximate surface area is 201 Å². The van der Waals surface area contributed by atoms with Crippen molar-refractivity contribution in [3.63, 3.8) is 0 Å². The van der Waals surface area contributed by atoms with E-state index in [0.29, 0.717) is 12.5 Å². The molecule has 35 heavy (non-hydrogen) atoms. The summed E-state index contributed by atoms with van der Waals surface area (Å²) in [5.41, 5.74) is 5.62. The summed E-state index contributed by atoms with van der Waals surface area (Å²) in [6.45, 7) is 2.94. The van der Waals surface area contributed by atoms with E-state index in [4.69, 9.17) is 10.5 Å². The number of piperidine rings is 1. The first-order chi connectivity index (χ1) is 16.8. The SMILES string of the molecule is CC#CCn1c(N2CCC[C@@H](N)C2)nc2c1c(=O)n(Cc1c(OC)cccc1C(=O)O)c(=O)n2C. The predicted octanol–water partition coefficient (Wildman–Crippen LogP) is 0.603. The van der Waals surface area contributed by atoms with Crippen molar-refractivity contribution in [1.29, 1.82) is 0 Å². The fourth-order valence-corrected chi connectivity index (χ4v) is 4.52. The minimum atomic E-state index is -1.18. The summed E-state index contributed by atoms with van der Waals surface area (Å²) in [5, 5.41) is 9.67. The van der Waals surface area contributed by atoms with Crippen molar-refractivity contribution in [3.8, 4) is 17.6 Å². The van der Waals surface area contributed by atoms with E-state index < -0.39 is 17.2 Å². The summed E-state index contributed by atoms with van der Waals surface area (Å²) < 4.78 is 9.36. The first-order valence-corrected chi connectivity index (χ1v) is 11.3. The molecule has 11 heteroatoms. The van der Waals surface area contributed by atoms with Gasteiger partial charge in [-0.05, 0) is 31.9 Å². The molecule has 0 aliphatic carbocycles. The van der Waals surface area contributed by atoms with Crippen LogP contribution >= 0.6 is 0 Å². The summed E-state index contributed by atoms with van der Waals surface area (Å²) in [5.74, 6) is 5.45. The van der Waals surface area contributed by atoms with E-state index in [1.807, 2.05) is 4.90 Å². The third-order valence-electron chi connectivity index (χ3n) is 6.27. The van der Waals surface area contributed by atoms with Crippen molar-refractivity contribution in [1.82, 2.24) is 18.7 Å². The van der Waals surface area contributed by atoms with E-state index in [0.717, 1.165) is 24.0 Å². The van der Waals surface area contributed by atoms with Crippen molar-refractivity contribution in [2.24, 2.45) is 12.8 Å². The Morgan fingerprint density at radius 3 is 2.74 bits per heavy atom. The van der Waals surface area contributed by atoms with Gasteiger partial charge in [0.25, 0.3) is 5.56 Å². The lowest BCUT2D eigenvalue weighted by Gasteiger charge is -2.31. The molecule has 2 aromatic heterocycles. The molecular formula is C24H28N6O5. The Morgan fingerprint density at radius 2 is 2.09 bits per heavy atom. The summed E-state index contributed by atoms with van der Waals surface area (Å²) in [6.07, 6.45) is 1.79. The van der Waals surface area contributed by atoms with Gasteiger partial charge in [-0.1, -0.05) is 12.0 Å². The number of methoxy groups -OCH3 is 1. The number of carbonyl (C=O) groups is 1. The number of hydrogen-bond acceptors (Lipinski definition) is 7. The number of nitrogens with zero attached hydrogens (tertiary/aromatic N) is 5. The molecule has 3 N–H and O–H groups in total. The molecule has 0 unspecified atom stereocenters. The van der Waals surface area contributed by atoms with Crippen LogP contribution in [0.3, 0.4) is 0 Å². The Balaban J connectivity index is 1.97. The molecule has 1 aromatic carbocycles. The van der Waals surface area contributed by atoms with Crippen LogP contribution in [0.25, 0.3) is 11.2 Å². The maximum atomic E-state index is 13.7. The zero-order chi connectivity index (χ0) is 25.3. The van der Waals surface area contributed by atoms with E-state index in [-0.39, 0.29) is 47.2 Å². The number of nitrogens with two attached hydrogens (primary N) is 1. The van der Waals surface area contributed by atoms with Crippen LogP contribution in [0.2, 0.25) is 0 Å². The van der Waals surface area contributed by atoms with Crippen LogP contribution in [-0.4, -0.2) is 56.0 Å². The van der Waals surface area contributed by atoms with E-state index in [9.17, 15) is 19.5 Å². The van der Waals surface area contributed by atoms with Crippen LogP contribution in [0.5, 0.6) is 5.75 Å². The summed E-state index contributed by atoms with van der Waals surface area (Å²) in [7, 11) is 2.94. The quantitative estimate of drug-likeness (QED) is 0.490. The van der Waals surface area contributed by atoms with Crippen molar-refractivity contribution in [2.75, 3.05) is 25.1 Å². The average molecular weight is 481 g/mol. The van der Waals surface area contributed by atoms with E-state index in [2.05, 4.69) is 16.8 Å². The number of benzene rings is 1. The largest absolute Gasteiger partial charge is 0.496 e. The standard InChI is InChI=1S/C24H28N6O5/c1-4-5-12-29-19-20(26-23(29)28-11-7-8-15(25)13-28)27(2)24(34)30(21(19)31)14-17-16(22(32)33)9-6-10-18(17)35-3/h6,9-10,15H,7-8,11-14,25H2,1-3H3,(H,32,33)/t15-/m1/s1. The second kappa shape index (κ2) is 9.68. The number of aromatic nitrogens is 4. The minimum absolute atomic E-state index is 0.0188. The first-order valence-electron chi connectivity index (χ1n) is 11.3. The highest BCUT2D eigenvalue weighted by Gasteiger charge is 2.27. The number of aromatic carboxylic acids is 1. The molecule has 0 radical (unpaired) electrons. The molecule has 4 rings (SSSR count). The molecule has 0 saturated carbocycles. The van der Waals surface area contributed by atoms with Crippen LogP contribution in [0, 0.1) is 11.8 Å². The lowest BCUT2D eigenvalue weighted by Crippen LogP contribution is -2.44. The van der Waals surface area contributed by atoms with Gasteiger partial charge in [0.1, 0.15) is 5.75 Å². The number of imidazole rings is 1.